The van der Waals surface area contributed by atoms with Crippen LogP contribution in [0.2, 0.25) is 0 Å². The van der Waals surface area contributed by atoms with Crippen molar-refractivity contribution in [1.82, 2.24) is 0 Å². The zero-order valence-corrected chi connectivity index (χ0v) is 9.83. The highest BCUT2D eigenvalue weighted by atomic mass is 15.3. The van der Waals surface area contributed by atoms with Crippen LogP contribution in [0, 0.1) is 0 Å². The predicted octanol–water partition coefficient (Wildman–Crippen LogP) is 2.13. The standard InChI is InChI=1S/C13H20N2/c1-13(2,3)10-4-6-11(7-5-10)15-9-12(15)8-14/h4-7,12H,8-9,14H2,1-3H3. The maximum absolute atomic E-state index is 5.62. The number of hydrogen-bond acceptors (Lipinski definition) is 2. The Morgan fingerprint density at radius 3 is 2.27 bits per heavy atom. The second-order valence-corrected chi connectivity index (χ2v) is 5.34. The first-order valence-electron chi connectivity index (χ1n) is 5.59. The topological polar surface area (TPSA) is 29.0 Å². The summed E-state index contributed by atoms with van der Waals surface area (Å²) in [5.41, 5.74) is 8.55. The van der Waals surface area contributed by atoms with Crippen LogP contribution in [0.5, 0.6) is 0 Å². The smallest absolute Gasteiger partial charge is 0.0588 e. The van der Waals surface area contributed by atoms with Crippen molar-refractivity contribution in [2.45, 2.75) is 32.2 Å². The molecule has 82 valence electrons. The van der Waals surface area contributed by atoms with Crippen LogP contribution in [0.1, 0.15) is 26.3 Å². The van der Waals surface area contributed by atoms with Crippen LogP contribution in [0.4, 0.5) is 5.69 Å². The van der Waals surface area contributed by atoms with Crippen LogP contribution in [0.25, 0.3) is 0 Å². The van der Waals surface area contributed by atoms with Gasteiger partial charge in [-0.2, -0.15) is 0 Å². The largest absolute Gasteiger partial charge is 0.363 e. The van der Waals surface area contributed by atoms with Crippen molar-refractivity contribution in [2.24, 2.45) is 5.73 Å². The summed E-state index contributed by atoms with van der Waals surface area (Å²) >= 11 is 0. The molecule has 0 aliphatic carbocycles. The molecule has 1 aliphatic heterocycles. The van der Waals surface area contributed by atoms with Crippen LogP contribution in [0.15, 0.2) is 24.3 Å². The highest BCUT2D eigenvalue weighted by molar-refractivity contribution is 5.55. The zero-order chi connectivity index (χ0) is 11.1. The van der Waals surface area contributed by atoms with E-state index in [1.54, 1.807) is 0 Å². The van der Waals surface area contributed by atoms with E-state index in [2.05, 4.69) is 49.9 Å². The Labute approximate surface area is 92.1 Å². The number of hydrogen-bond donors (Lipinski definition) is 1. The molecule has 0 spiro atoms. The van der Waals surface area contributed by atoms with Gasteiger partial charge in [-0.3, -0.25) is 0 Å². The third kappa shape index (κ3) is 2.15. The number of nitrogens with two attached hydrogens (primary N) is 1. The highest BCUT2D eigenvalue weighted by Gasteiger charge is 2.32. The van der Waals surface area contributed by atoms with Gasteiger partial charge in [0, 0.05) is 18.8 Å². The summed E-state index contributed by atoms with van der Waals surface area (Å²) in [6, 6.07) is 9.43. The zero-order valence-electron chi connectivity index (χ0n) is 9.83. The van der Waals surface area contributed by atoms with Crippen LogP contribution in [-0.4, -0.2) is 19.1 Å². The first kappa shape index (κ1) is 10.5. The molecular formula is C13H20N2. The van der Waals surface area contributed by atoms with Gasteiger partial charge in [0.1, 0.15) is 0 Å². The van der Waals surface area contributed by atoms with E-state index >= 15 is 0 Å². The van der Waals surface area contributed by atoms with Crippen molar-refractivity contribution < 1.29 is 0 Å². The van der Waals surface area contributed by atoms with Crippen molar-refractivity contribution in [3.8, 4) is 0 Å². The Morgan fingerprint density at radius 1 is 1.27 bits per heavy atom. The lowest BCUT2D eigenvalue weighted by atomic mass is 9.87. The van der Waals surface area contributed by atoms with Gasteiger partial charge in [-0.1, -0.05) is 32.9 Å². The van der Waals surface area contributed by atoms with Crippen molar-refractivity contribution >= 4 is 5.69 Å². The lowest BCUT2D eigenvalue weighted by molar-refractivity contribution is 0.590. The maximum atomic E-state index is 5.62. The Hall–Kier alpha value is -1.02. The minimum absolute atomic E-state index is 0.241. The van der Waals surface area contributed by atoms with Gasteiger partial charge in [0.05, 0.1) is 6.04 Å². The van der Waals surface area contributed by atoms with E-state index in [0.717, 1.165) is 13.1 Å². The molecule has 0 aromatic heterocycles. The lowest BCUT2D eigenvalue weighted by Gasteiger charge is -2.19. The predicted molar refractivity (Wildman–Crippen MR) is 65.3 cm³/mol. The lowest BCUT2D eigenvalue weighted by Crippen LogP contribution is -2.13. The summed E-state index contributed by atoms with van der Waals surface area (Å²) in [6.45, 7) is 8.60. The first-order chi connectivity index (χ1) is 7.02. The van der Waals surface area contributed by atoms with Crippen LogP contribution < -0.4 is 10.6 Å². The van der Waals surface area contributed by atoms with Gasteiger partial charge in [0.15, 0.2) is 0 Å². The average molecular weight is 204 g/mol. The van der Waals surface area contributed by atoms with Crippen molar-refractivity contribution in [1.29, 1.82) is 0 Å². The van der Waals surface area contributed by atoms with E-state index in [-0.39, 0.29) is 5.41 Å². The normalized spacial score (nSPS) is 20.5. The molecule has 1 aromatic carbocycles. The SMILES string of the molecule is CC(C)(C)c1ccc(N2CC2CN)cc1. The third-order valence-electron chi connectivity index (χ3n) is 3.05. The molecule has 1 atom stereocenters. The van der Waals surface area contributed by atoms with Gasteiger partial charge >= 0.3 is 0 Å². The van der Waals surface area contributed by atoms with Crippen molar-refractivity contribution in [3.63, 3.8) is 0 Å². The van der Waals surface area contributed by atoms with Gasteiger partial charge < -0.3 is 10.6 Å². The monoisotopic (exact) mass is 204 g/mol. The molecular weight excluding hydrogens is 184 g/mol. The molecule has 0 amide bonds. The summed E-state index contributed by atoms with van der Waals surface area (Å²) in [5.74, 6) is 0. The Kier molecular flexibility index (Phi) is 2.47. The molecule has 2 rings (SSSR count). The summed E-state index contributed by atoms with van der Waals surface area (Å²) in [6.07, 6.45) is 0. The van der Waals surface area contributed by atoms with Crippen molar-refractivity contribution in [2.75, 3.05) is 18.0 Å². The van der Waals surface area contributed by atoms with E-state index < -0.39 is 0 Å². The van der Waals surface area contributed by atoms with E-state index in [9.17, 15) is 0 Å². The third-order valence-corrected chi connectivity index (χ3v) is 3.05. The summed E-state index contributed by atoms with van der Waals surface area (Å²) in [5, 5.41) is 0. The highest BCUT2D eigenvalue weighted by Crippen LogP contribution is 2.30. The maximum Gasteiger partial charge on any atom is 0.0588 e. The van der Waals surface area contributed by atoms with Gasteiger partial charge in [-0.25, -0.2) is 0 Å². The van der Waals surface area contributed by atoms with Crippen LogP contribution in [-0.2, 0) is 5.41 Å². The summed E-state index contributed by atoms with van der Waals surface area (Å²) in [7, 11) is 0. The fraction of sp³-hybridized carbons (Fsp3) is 0.538. The molecule has 1 saturated heterocycles. The van der Waals surface area contributed by atoms with E-state index in [1.165, 1.54) is 11.3 Å². The molecule has 0 saturated carbocycles. The molecule has 1 fully saturated rings. The first-order valence-corrected chi connectivity index (χ1v) is 5.59. The Balaban J connectivity index is 2.12. The second-order valence-electron chi connectivity index (χ2n) is 5.34. The second kappa shape index (κ2) is 3.53. The van der Waals surface area contributed by atoms with Gasteiger partial charge in [0.2, 0.25) is 0 Å². The Bertz CT molecular complexity index is 335. The average Bonchev–Trinajstić information content (AvgIpc) is 2.95. The number of rotatable bonds is 2. The summed E-state index contributed by atoms with van der Waals surface area (Å²) < 4.78 is 0. The Morgan fingerprint density at radius 2 is 1.87 bits per heavy atom. The minimum atomic E-state index is 0.241. The fourth-order valence-corrected chi connectivity index (χ4v) is 1.85. The molecule has 0 radical (unpaired) electrons. The fourth-order valence-electron chi connectivity index (χ4n) is 1.85. The molecule has 2 nitrogen and oxygen atoms in total. The molecule has 15 heavy (non-hydrogen) atoms. The van der Waals surface area contributed by atoms with E-state index in [0.29, 0.717) is 6.04 Å². The molecule has 1 aliphatic rings. The van der Waals surface area contributed by atoms with Crippen molar-refractivity contribution in [3.05, 3.63) is 29.8 Å². The molecule has 1 heterocycles. The number of anilines is 1. The van der Waals surface area contributed by atoms with Gasteiger partial charge in [0.25, 0.3) is 0 Å². The molecule has 2 heteroatoms. The minimum Gasteiger partial charge on any atom is -0.363 e. The van der Waals surface area contributed by atoms with Crippen LogP contribution >= 0.6 is 0 Å². The molecule has 0 bridgehead atoms. The molecule has 1 unspecified atom stereocenters. The molecule has 1 aromatic rings. The number of nitrogens with zero attached hydrogens (tertiary/aromatic N) is 1. The quantitative estimate of drug-likeness (QED) is 0.748. The number of benzene rings is 1. The van der Waals surface area contributed by atoms with Crippen LogP contribution in [0.3, 0.4) is 0 Å². The van der Waals surface area contributed by atoms with E-state index in [4.69, 9.17) is 5.73 Å². The van der Waals surface area contributed by atoms with E-state index in [1.807, 2.05) is 0 Å². The molecule has 2 N–H and O–H groups in total. The van der Waals surface area contributed by atoms with Gasteiger partial charge in [-0.05, 0) is 23.1 Å². The van der Waals surface area contributed by atoms with Gasteiger partial charge in [-0.15, -0.1) is 0 Å². The summed E-state index contributed by atoms with van der Waals surface area (Å²) in [4.78, 5) is 2.34.